The van der Waals surface area contributed by atoms with Gasteiger partial charge in [-0.3, -0.25) is 0 Å². The average Bonchev–Trinajstić information content (AvgIpc) is 3.03. The van der Waals surface area contributed by atoms with E-state index in [1.165, 1.54) is 5.69 Å². The maximum absolute atomic E-state index is 12.8. The van der Waals surface area contributed by atoms with Crippen LogP contribution in [-0.4, -0.2) is 35.6 Å². The zero-order valence-electron chi connectivity index (χ0n) is 14.1. The molecule has 7 heteroatoms. The van der Waals surface area contributed by atoms with Crippen molar-refractivity contribution in [3.05, 3.63) is 53.6 Å². The molecule has 1 saturated heterocycles. The van der Waals surface area contributed by atoms with Crippen molar-refractivity contribution in [2.45, 2.75) is 32.0 Å². The predicted octanol–water partition coefficient (Wildman–Crippen LogP) is 3.21. The lowest BCUT2D eigenvalue weighted by Gasteiger charge is -2.19. The van der Waals surface area contributed by atoms with Crippen LogP contribution in [0.2, 0.25) is 0 Å². The number of hydrogen-bond acceptors (Lipinski definition) is 4. The van der Waals surface area contributed by atoms with Crippen LogP contribution in [0.3, 0.4) is 0 Å². The lowest BCUT2D eigenvalue weighted by atomic mass is 10.2. The Hall–Kier alpha value is -2.15. The van der Waals surface area contributed by atoms with Crippen molar-refractivity contribution in [1.82, 2.24) is 15.3 Å². The van der Waals surface area contributed by atoms with Crippen LogP contribution in [0.5, 0.6) is 0 Å². The number of anilines is 1. The second kappa shape index (κ2) is 7.39. The molecule has 3 rings (SSSR count). The summed E-state index contributed by atoms with van der Waals surface area (Å²) in [6, 6.07) is 11.5. The Morgan fingerprint density at radius 2 is 1.96 bits per heavy atom. The van der Waals surface area contributed by atoms with Crippen molar-refractivity contribution < 1.29 is 13.2 Å². The molecule has 1 aromatic carbocycles. The molecule has 0 radical (unpaired) electrons. The zero-order valence-corrected chi connectivity index (χ0v) is 14.1. The minimum atomic E-state index is -4.43. The molecule has 1 unspecified atom stereocenters. The molecule has 1 aliphatic rings. The number of aromatic nitrogens is 2. The van der Waals surface area contributed by atoms with Crippen LogP contribution in [0.1, 0.15) is 23.6 Å². The zero-order chi connectivity index (χ0) is 17.9. The van der Waals surface area contributed by atoms with E-state index in [4.69, 9.17) is 0 Å². The largest absolute Gasteiger partial charge is 0.433 e. The summed E-state index contributed by atoms with van der Waals surface area (Å²) in [6.45, 7) is 3.99. The van der Waals surface area contributed by atoms with Crippen LogP contribution in [0, 0.1) is 6.92 Å². The van der Waals surface area contributed by atoms with E-state index in [1.54, 1.807) is 6.92 Å². The highest BCUT2D eigenvalue weighted by atomic mass is 19.4. The maximum atomic E-state index is 12.8. The van der Waals surface area contributed by atoms with Crippen LogP contribution >= 0.6 is 0 Å². The van der Waals surface area contributed by atoms with E-state index in [9.17, 15) is 13.2 Å². The molecule has 1 atom stereocenters. The van der Waals surface area contributed by atoms with Gasteiger partial charge in [-0.05, 0) is 31.5 Å². The number of halogens is 3. The summed E-state index contributed by atoms with van der Waals surface area (Å²) in [5, 5.41) is 3.40. The molecule has 1 aromatic heterocycles. The Bertz CT molecular complexity index is 703. The molecule has 1 N–H and O–H groups in total. The lowest BCUT2D eigenvalue weighted by Crippen LogP contribution is -2.34. The predicted molar refractivity (Wildman–Crippen MR) is 90.5 cm³/mol. The first-order valence-corrected chi connectivity index (χ1v) is 8.37. The lowest BCUT2D eigenvalue weighted by molar-refractivity contribution is -0.141. The number of nitrogens with zero attached hydrogens (tertiary/aromatic N) is 3. The standard InChI is InChI=1S/C18H21F3N4/c1-13-11-16(18(19,20)21)24-17(23-13)7-9-22-14-8-10-25(12-14)15-5-3-2-4-6-15/h2-6,11,14,22H,7-10,12H2,1H3. The van der Waals surface area contributed by atoms with Crippen LogP contribution in [0.25, 0.3) is 0 Å². The second-order valence-electron chi connectivity index (χ2n) is 6.28. The van der Waals surface area contributed by atoms with Gasteiger partial charge in [-0.1, -0.05) is 18.2 Å². The fourth-order valence-corrected chi connectivity index (χ4v) is 3.08. The summed E-state index contributed by atoms with van der Waals surface area (Å²) >= 11 is 0. The summed E-state index contributed by atoms with van der Waals surface area (Å²) in [7, 11) is 0. The van der Waals surface area contributed by atoms with Gasteiger partial charge in [0, 0.05) is 43.5 Å². The van der Waals surface area contributed by atoms with Crippen molar-refractivity contribution >= 4 is 5.69 Å². The summed E-state index contributed by atoms with van der Waals surface area (Å²) < 4.78 is 38.4. The molecule has 2 heterocycles. The molecule has 0 spiro atoms. The summed E-state index contributed by atoms with van der Waals surface area (Å²) in [5.41, 5.74) is 0.670. The molecule has 4 nitrogen and oxygen atoms in total. The van der Waals surface area contributed by atoms with Gasteiger partial charge in [0.1, 0.15) is 11.5 Å². The molecule has 25 heavy (non-hydrogen) atoms. The van der Waals surface area contributed by atoms with Gasteiger partial charge < -0.3 is 10.2 Å². The van der Waals surface area contributed by atoms with E-state index < -0.39 is 11.9 Å². The Balaban J connectivity index is 1.51. The Labute approximate surface area is 145 Å². The number of alkyl halides is 3. The van der Waals surface area contributed by atoms with Crippen molar-refractivity contribution in [2.75, 3.05) is 24.5 Å². The molecule has 0 aliphatic carbocycles. The van der Waals surface area contributed by atoms with E-state index in [2.05, 4.69) is 32.3 Å². The smallest absolute Gasteiger partial charge is 0.370 e. The number of rotatable bonds is 5. The quantitative estimate of drug-likeness (QED) is 0.899. The highest BCUT2D eigenvalue weighted by molar-refractivity contribution is 5.47. The van der Waals surface area contributed by atoms with Crippen LogP contribution < -0.4 is 10.2 Å². The van der Waals surface area contributed by atoms with E-state index in [-0.39, 0.29) is 5.82 Å². The average molecular weight is 350 g/mol. The van der Waals surface area contributed by atoms with Gasteiger partial charge in [-0.15, -0.1) is 0 Å². The molecular formula is C18H21F3N4. The van der Waals surface area contributed by atoms with Crippen LogP contribution in [-0.2, 0) is 12.6 Å². The third-order valence-electron chi connectivity index (χ3n) is 4.28. The van der Waals surface area contributed by atoms with E-state index in [0.717, 1.165) is 25.6 Å². The number of benzene rings is 1. The summed E-state index contributed by atoms with van der Waals surface area (Å²) in [4.78, 5) is 10.1. The third-order valence-corrected chi connectivity index (χ3v) is 4.28. The van der Waals surface area contributed by atoms with Gasteiger partial charge in [0.15, 0.2) is 0 Å². The van der Waals surface area contributed by atoms with Gasteiger partial charge >= 0.3 is 6.18 Å². The number of nitrogens with one attached hydrogen (secondary N) is 1. The molecule has 0 saturated carbocycles. The molecule has 134 valence electrons. The van der Waals surface area contributed by atoms with Crippen molar-refractivity contribution in [3.63, 3.8) is 0 Å². The normalized spacial score (nSPS) is 17.9. The molecule has 0 amide bonds. The van der Waals surface area contributed by atoms with Gasteiger partial charge in [0.25, 0.3) is 0 Å². The topological polar surface area (TPSA) is 41.1 Å². The number of aryl methyl sites for hydroxylation is 1. The van der Waals surface area contributed by atoms with Gasteiger partial charge in [0.05, 0.1) is 0 Å². The minimum absolute atomic E-state index is 0.234. The molecule has 0 bridgehead atoms. The Morgan fingerprint density at radius 3 is 2.68 bits per heavy atom. The van der Waals surface area contributed by atoms with Crippen LogP contribution in [0.4, 0.5) is 18.9 Å². The summed E-state index contributed by atoms with van der Waals surface area (Å²) in [6.07, 6.45) is -3.04. The van der Waals surface area contributed by atoms with E-state index in [0.29, 0.717) is 24.7 Å². The SMILES string of the molecule is Cc1cc(C(F)(F)F)nc(CCNC2CCN(c3ccccc3)C2)n1. The first-order chi connectivity index (χ1) is 11.9. The minimum Gasteiger partial charge on any atom is -0.370 e. The van der Waals surface area contributed by atoms with Gasteiger partial charge in [-0.2, -0.15) is 13.2 Å². The molecule has 1 fully saturated rings. The Kier molecular flexibility index (Phi) is 5.22. The first kappa shape index (κ1) is 17.7. The Morgan fingerprint density at radius 1 is 1.20 bits per heavy atom. The molecule has 2 aromatic rings. The van der Waals surface area contributed by atoms with E-state index >= 15 is 0 Å². The number of hydrogen-bond donors (Lipinski definition) is 1. The maximum Gasteiger partial charge on any atom is 0.433 e. The van der Waals surface area contributed by atoms with Gasteiger partial charge in [0.2, 0.25) is 0 Å². The fraction of sp³-hybridized carbons (Fsp3) is 0.444. The highest BCUT2D eigenvalue weighted by Gasteiger charge is 2.33. The monoisotopic (exact) mass is 350 g/mol. The van der Waals surface area contributed by atoms with Crippen molar-refractivity contribution in [2.24, 2.45) is 0 Å². The van der Waals surface area contributed by atoms with Crippen molar-refractivity contribution in [3.8, 4) is 0 Å². The first-order valence-electron chi connectivity index (χ1n) is 8.37. The highest BCUT2D eigenvalue weighted by Crippen LogP contribution is 2.27. The second-order valence-corrected chi connectivity index (χ2v) is 6.28. The van der Waals surface area contributed by atoms with Crippen molar-refractivity contribution in [1.29, 1.82) is 0 Å². The fourth-order valence-electron chi connectivity index (χ4n) is 3.08. The van der Waals surface area contributed by atoms with Crippen LogP contribution in [0.15, 0.2) is 36.4 Å². The molecular weight excluding hydrogens is 329 g/mol. The van der Waals surface area contributed by atoms with E-state index in [1.807, 2.05) is 18.2 Å². The van der Waals surface area contributed by atoms with Gasteiger partial charge in [-0.25, -0.2) is 9.97 Å². The molecule has 1 aliphatic heterocycles. The summed E-state index contributed by atoms with van der Waals surface area (Å²) in [5.74, 6) is 0.234. The third kappa shape index (κ3) is 4.69. The number of para-hydroxylation sites is 1.